The Labute approximate surface area is 253 Å². The Morgan fingerprint density at radius 2 is 1.62 bits per heavy atom. The number of carbonyl (C=O) groups is 2. The molecule has 7 heteroatoms. The van der Waals surface area contributed by atoms with Gasteiger partial charge in [0.05, 0.1) is 5.25 Å². The topological polar surface area (TPSA) is 80.3 Å². The maximum Gasteiger partial charge on any atom is 0.407 e. The molecule has 4 aromatic rings. The van der Waals surface area contributed by atoms with Gasteiger partial charge in [0.25, 0.3) is 0 Å². The molecular weight excluding hydrogens is 542 g/mol. The van der Waals surface area contributed by atoms with Crippen molar-refractivity contribution < 1.29 is 14.3 Å². The fourth-order valence-corrected chi connectivity index (χ4v) is 6.02. The SMILES string of the molecule is CC(C)(C)OC(=O)N[C@@H](CS[C@H](Cc1ccccc1)C(=O)NCCCc1cccnc1)Cc1cccc2ccccc12. The van der Waals surface area contributed by atoms with Crippen molar-refractivity contribution in [3.8, 4) is 0 Å². The van der Waals surface area contributed by atoms with Gasteiger partial charge in [0, 0.05) is 30.7 Å². The standard InChI is InChI=1S/C35H41N3O3S/c1-35(2,3)41-34(40)38-30(23-29-18-9-17-28-16-7-8-19-31(28)29)25-42-32(22-26-12-5-4-6-13-26)33(39)37-21-11-15-27-14-10-20-36-24-27/h4-10,12-14,16-20,24,30,32H,11,15,21-23,25H2,1-3H3,(H,37,39)(H,38,40)/t30-,32-/m1/s1. The van der Waals surface area contributed by atoms with Crippen molar-refractivity contribution in [3.05, 3.63) is 114 Å². The van der Waals surface area contributed by atoms with E-state index in [1.54, 1.807) is 18.0 Å². The van der Waals surface area contributed by atoms with E-state index in [1.807, 2.05) is 69.4 Å². The predicted molar refractivity (Wildman–Crippen MR) is 173 cm³/mol. The molecular formula is C35H41N3O3S. The van der Waals surface area contributed by atoms with Gasteiger partial charge < -0.3 is 15.4 Å². The Kier molecular flexibility index (Phi) is 11.4. The molecule has 0 saturated heterocycles. The molecule has 0 aliphatic carbocycles. The predicted octanol–water partition coefficient (Wildman–Crippen LogP) is 6.76. The molecule has 2 atom stereocenters. The normalized spacial score (nSPS) is 12.8. The maximum absolute atomic E-state index is 13.5. The van der Waals surface area contributed by atoms with E-state index in [1.165, 1.54) is 0 Å². The van der Waals surface area contributed by atoms with Gasteiger partial charge in [-0.15, -0.1) is 11.8 Å². The fourth-order valence-electron chi connectivity index (χ4n) is 4.81. The van der Waals surface area contributed by atoms with Crippen molar-refractivity contribution in [2.24, 2.45) is 0 Å². The van der Waals surface area contributed by atoms with Gasteiger partial charge in [0.2, 0.25) is 5.91 Å². The highest BCUT2D eigenvalue weighted by Gasteiger charge is 2.25. The van der Waals surface area contributed by atoms with Crippen LogP contribution in [0.5, 0.6) is 0 Å². The van der Waals surface area contributed by atoms with E-state index in [-0.39, 0.29) is 17.2 Å². The van der Waals surface area contributed by atoms with Crippen LogP contribution in [0.2, 0.25) is 0 Å². The number of aromatic nitrogens is 1. The summed E-state index contributed by atoms with van der Waals surface area (Å²) >= 11 is 1.58. The zero-order chi connectivity index (χ0) is 29.8. The lowest BCUT2D eigenvalue weighted by atomic mass is 9.99. The number of fused-ring (bicyclic) bond motifs is 1. The van der Waals surface area contributed by atoms with Gasteiger partial charge in [-0.25, -0.2) is 4.79 Å². The van der Waals surface area contributed by atoms with Crippen LogP contribution in [-0.2, 0) is 28.8 Å². The number of hydrogen-bond donors (Lipinski definition) is 2. The zero-order valence-electron chi connectivity index (χ0n) is 24.7. The molecule has 0 aliphatic heterocycles. The first-order valence-electron chi connectivity index (χ1n) is 14.5. The molecule has 0 aliphatic rings. The first kappa shape index (κ1) is 31.1. The molecule has 2 N–H and O–H groups in total. The second-order valence-electron chi connectivity index (χ2n) is 11.5. The molecule has 0 saturated carbocycles. The molecule has 0 radical (unpaired) electrons. The molecule has 0 bridgehead atoms. The van der Waals surface area contributed by atoms with E-state index in [0.29, 0.717) is 25.1 Å². The summed E-state index contributed by atoms with van der Waals surface area (Å²) in [6.45, 7) is 6.16. The van der Waals surface area contributed by atoms with E-state index in [2.05, 4.69) is 58.1 Å². The maximum atomic E-state index is 13.5. The summed E-state index contributed by atoms with van der Waals surface area (Å²) in [6.07, 6.45) is 6.10. The number of pyridine rings is 1. The third kappa shape index (κ3) is 10.2. The summed E-state index contributed by atoms with van der Waals surface area (Å²) in [4.78, 5) is 30.5. The van der Waals surface area contributed by atoms with Crippen molar-refractivity contribution in [3.63, 3.8) is 0 Å². The molecule has 2 amide bonds. The summed E-state index contributed by atoms with van der Waals surface area (Å²) in [7, 11) is 0. The van der Waals surface area contributed by atoms with Gasteiger partial charge in [-0.2, -0.15) is 0 Å². The van der Waals surface area contributed by atoms with Crippen molar-refractivity contribution in [1.82, 2.24) is 15.6 Å². The van der Waals surface area contributed by atoms with E-state index in [9.17, 15) is 9.59 Å². The second-order valence-corrected chi connectivity index (χ2v) is 12.7. The minimum Gasteiger partial charge on any atom is -0.444 e. The van der Waals surface area contributed by atoms with E-state index < -0.39 is 11.7 Å². The molecule has 0 fully saturated rings. The van der Waals surface area contributed by atoms with Crippen LogP contribution in [0, 0.1) is 0 Å². The second kappa shape index (κ2) is 15.4. The highest BCUT2D eigenvalue weighted by atomic mass is 32.2. The summed E-state index contributed by atoms with van der Waals surface area (Å²) in [6, 6.07) is 28.3. The minimum absolute atomic E-state index is 0.0104. The van der Waals surface area contributed by atoms with Gasteiger partial charge in [-0.05, 0) is 80.0 Å². The average Bonchev–Trinajstić information content (AvgIpc) is 2.97. The summed E-state index contributed by atoms with van der Waals surface area (Å²) < 4.78 is 5.60. The van der Waals surface area contributed by atoms with Gasteiger partial charge in [0.15, 0.2) is 0 Å². The molecule has 6 nitrogen and oxygen atoms in total. The monoisotopic (exact) mass is 583 g/mol. The number of ether oxygens (including phenoxy) is 1. The first-order valence-corrected chi connectivity index (χ1v) is 15.6. The van der Waals surface area contributed by atoms with Crippen molar-refractivity contribution in [1.29, 1.82) is 0 Å². The number of rotatable bonds is 13. The zero-order valence-corrected chi connectivity index (χ0v) is 25.5. The summed E-state index contributed by atoms with van der Waals surface area (Å²) in [5.41, 5.74) is 2.80. The summed E-state index contributed by atoms with van der Waals surface area (Å²) in [5.74, 6) is 0.569. The highest BCUT2D eigenvalue weighted by molar-refractivity contribution is 8.00. The Balaban J connectivity index is 1.46. The van der Waals surface area contributed by atoms with Crippen molar-refractivity contribution in [2.75, 3.05) is 12.3 Å². The van der Waals surface area contributed by atoms with E-state index >= 15 is 0 Å². The Hall–Kier alpha value is -3.84. The molecule has 3 aromatic carbocycles. The minimum atomic E-state index is -0.604. The largest absolute Gasteiger partial charge is 0.444 e. The third-order valence-corrected chi connectivity index (χ3v) is 8.16. The quantitative estimate of drug-likeness (QED) is 0.170. The van der Waals surface area contributed by atoms with Crippen LogP contribution >= 0.6 is 11.8 Å². The van der Waals surface area contributed by atoms with E-state index in [4.69, 9.17) is 4.74 Å². The van der Waals surface area contributed by atoms with Crippen molar-refractivity contribution >= 4 is 34.5 Å². The van der Waals surface area contributed by atoms with Crippen LogP contribution in [0.15, 0.2) is 97.3 Å². The molecule has 1 aromatic heterocycles. The highest BCUT2D eigenvalue weighted by Crippen LogP contribution is 2.24. The van der Waals surface area contributed by atoms with Crippen LogP contribution < -0.4 is 10.6 Å². The lowest BCUT2D eigenvalue weighted by molar-refractivity contribution is -0.120. The smallest absolute Gasteiger partial charge is 0.407 e. The van der Waals surface area contributed by atoms with Crippen LogP contribution in [0.4, 0.5) is 4.79 Å². The molecule has 0 spiro atoms. The number of alkyl carbamates (subject to hydrolysis) is 1. The van der Waals surface area contributed by atoms with Crippen LogP contribution in [0.1, 0.15) is 43.9 Å². The lowest BCUT2D eigenvalue weighted by Gasteiger charge is -2.25. The number of hydrogen-bond acceptors (Lipinski definition) is 5. The number of carbonyl (C=O) groups excluding carboxylic acids is 2. The molecule has 1 heterocycles. The summed E-state index contributed by atoms with van der Waals surface area (Å²) in [5, 5.41) is 8.26. The number of amides is 2. The molecule has 4 rings (SSSR count). The van der Waals surface area contributed by atoms with Crippen LogP contribution in [0.25, 0.3) is 10.8 Å². The first-order chi connectivity index (χ1) is 20.3. The average molecular weight is 584 g/mol. The number of thioether (sulfide) groups is 1. The number of benzene rings is 3. The van der Waals surface area contributed by atoms with Crippen LogP contribution in [0.3, 0.4) is 0 Å². The molecule has 42 heavy (non-hydrogen) atoms. The number of nitrogens with zero attached hydrogens (tertiary/aromatic N) is 1. The Bertz CT molecular complexity index is 1420. The van der Waals surface area contributed by atoms with Gasteiger partial charge in [-0.3, -0.25) is 9.78 Å². The Morgan fingerprint density at radius 1 is 0.881 bits per heavy atom. The Morgan fingerprint density at radius 3 is 2.38 bits per heavy atom. The molecule has 0 unspecified atom stereocenters. The van der Waals surface area contributed by atoms with Gasteiger partial charge in [0.1, 0.15) is 5.60 Å². The molecule has 220 valence electrons. The van der Waals surface area contributed by atoms with Crippen molar-refractivity contribution in [2.45, 2.75) is 63.3 Å². The van der Waals surface area contributed by atoms with Gasteiger partial charge in [-0.1, -0.05) is 78.9 Å². The number of nitrogens with one attached hydrogen (secondary N) is 2. The van der Waals surface area contributed by atoms with E-state index in [0.717, 1.165) is 40.3 Å². The fraction of sp³-hybridized carbons (Fsp3) is 0.343. The van der Waals surface area contributed by atoms with Gasteiger partial charge >= 0.3 is 6.09 Å². The third-order valence-electron chi connectivity index (χ3n) is 6.79. The van der Waals surface area contributed by atoms with Crippen LogP contribution in [-0.4, -0.2) is 46.2 Å². The lowest BCUT2D eigenvalue weighted by Crippen LogP contribution is -2.43. The number of aryl methyl sites for hydroxylation is 1.